The van der Waals surface area contributed by atoms with Crippen molar-refractivity contribution in [3.63, 3.8) is 0 Å². The number of thiophene rings is 1. The van der Waals surface area contributed by atoms with Crippen LogP contribution in [0.2, 0.25) is 0 Å². The van der Waals surface area contributed by atoms with Crippen LogP contribution < -0.4 is 5.32 Å². The molecular formula is C16H25N3OS. The van der Waals surface area contributed by atoms with E-state index in [9.17, 15) is 4.79 Å². The summed E-state index contributed by atoms with van der Waals surface area (Å²) in [5.74, 6) is 0.213. The van der Waals surface area contributed by atoms with Gasteiger partial charge in [-0.3, -0.25) is 9.69 Å². The minimum atomic E-state index is 0.0186. The van der Waals surface area contributed by atoms with E-state index in [2.05, 4.69) is 32.6 Å². The highest BCUT2D eigenvalue weighted by Gasteiger charge is 2.29. The lowest BCUT2D eigenvalue weighted by atomic mass is 10.2. The van der Waals surface area contributed by atoms with Gasteiger partial charge in [-0.2, -0.15) is 0 Å². The van der Waals surface area contributed by atoms with Crippen molar-refractivity contribution in [3.8, 4) is 0 Å². The summed E-state index contributed by atoms with van der Waals surface area (Å²) < 4.78 is 0. The maximum Gasteiger partial charge on any atom is 0.237 e. The Morgan fingerprint density at radius 3 is 2.76 bits per heavy atom. The molecular weight excluding hydrogens is 282 g/mol. The Bertz CT molecular complexity index is 450. The molecule has 116 valence electrons. The minimum absolute atomic E-state index is 0.0186. The van der Waals surface area contributed by atoms with Gasteiger partial charge in [0.05, 0.1) is 6.04 Å². The lowest BCUT2D eigenvalue weighted by Gasteiger charge is -2.37. The van der Waals surface area contributed by atoms with Crippen LogP contribution in [-0.2, 0) is 11.2 Å². The van der Waals surface area contributed by atoms with Gasteiger partial charge in [-0.15, -0.1) is 11.3 Å². The SMILES string of the molecule is CC(C(=O)NC1CC1)N1CCN(CCc2cccs2)CC1. The monoisotopic (exact) mass is 307 g/mol. The van der Waals surface area contributed by atoms with Crippen LogP contribution in [0.25, 0.3) is 0 Å². The molecule has 1 atom stereocenters. The van der Waals surface area contributed by atoms with Gasteiger partial charge in [0, 0.05) is 43.6 Å². The molecule has 1 N–H and O–H groups in total. The van der Waals surface area contributed by atoms with E-state index < -0.39 is 0 Å². The zero-order valence-corrected chi connectivity index (χ0v) is 13.6. The van der Waals surface area contributed by atoms with Gasteiger partial charge < -0.3 is 10.2 Å². The van der Waals surface area contributed by atoms with Crippen LogP contribution in [0.3, 0.4) is 0 Å². The zero-order valence-electron chi connectivity index (χ0n) is 12.8. The number of carbonyl (C=O) groups is 1. The van der Waals surface area contributed by atoms with E-state index in [-0.39, 0.29) is 11.9 Å². The fourth-order valence-electron chi connectivity index (χ4n) is 2.81. The Balaban J connectivity index is 1.38. The van der Waals surface area contributed by atoms with Gasteiger partial charge in [0.2, 0.25) is 5.91 Å². The molecule has 1 aromatic heterocycles. The highest BCUT2D eigenvalue weighted by molar-refractivity contribution is 7.09. The molecule has 4 nitrogen and oxygen atoms in total. The molecule has 1 unspecified atom stereocenters. The fourth-order valence-corrected chi connectivity index (χ4v) is 3.51. The highest BCUT2D eigenvalue weighted by Crippen LogP contribution is 2.19. The molecule has 2 aliphatic rings. The van der Waals surface area contributed by atoms with Crippen molar-refractivity contribution in [1.82, 2.24) is 15.1 Å². The number of amides is 1. The molecule has 0 bridgehead atoms. The molecule has 1 amide bonds. The quantitative estimate of drug-likeness (QED) is 0.867. The van der Waals surface area contributed by atoms with E-state index in [1.54, 1.807) is 0 Å². The fraction of sp³-hybridized carbons (Fsp3) is 0.688. The summed E-state index contributed by atoms with van der Waals surface area (Å²) in [4.78, 5) is 18.4. The molecule has 0 radical (unpaired) electrons. The van der Waals surface area contributed by atoms with E-state index in [0.29, 0.717) is 6.04 Å². The first-order valence-corrected chi connectivity index (χ1v) is 8.89. The lowest BCUT2D eigenvalue weighted by Crippen LogP contribution is -2.54. The molecule has 5 heteroatoms. The summed E-state index contributed by atoms with van der Waals surface area (Å²) in [6.07, 6.45) is 3.47. The number of rotatable bonds is 6. The van der Waals surface area contributed by atoms with Crippen molar-refractivity contribution in [1.29, 1.82) is 0 Å². The second-order valence-electron chi connectivity index (χ2n) is 6.17. The summed E-state index contributed by atoms with van der Waals surface area (Å²) in [6, 6.07) is 4.82. The van der Waals surface area contributed by atoms with E-state index in [0.717, 1.165) is 52.0 Å². The maximum absolute atomic E-state index is 12.1. The van der Waals surface area contributed by atoms with Crippen LogP contribution in [0.5, 0.6) is 0 Å². The third-order valence-electron chi connectivity index (χ3n) is 4.51. The number of piperazine rings is 1. The van der Waals surface area contributed by atoms with Crippen molar-refractivity contribution in [2.45, 2.75) is 38.3 Å². The molecule has 2 heterocycles. The van der Waals surface area contributed by atoms with E-state index in [1.807, 2.05) is 18.3 Å². The van der Waals surface area contributed by atoms with Crippen LogP contribution in [-0.4, -0.2) is 60.5 Å². The molecule has 1 aromatic rings. The molecule has 0 aromatic carbocycles. The summed E-state index contributed by atoms with van der Waals surface area (Å²) in [5.41, 5.74) is 0. The van der Waals surface area contributed by atoms with Gasteiger partial charge in [0.25, 0.3) is 0 Å². The van der Waals surface area contributed by atoms with Crippen molar-refractivity contribution >= 4 is 17.2 Å². The molecule has 3 rings (SSSR count). The third kappa shape index (κ3) is 4.28. The Morgan fingerprint density at radius 1 is 1.38 bits per heavy atom. The van der Waals surface area contributed by atoms with Gasteiger partial charge in [-0.05, 0) is 37.6 Å². The first kappa shape index (κ1) is 15.0. The maximum atomic E-state index is 12.1. The molecule has 1 aliphatic carbocycles. The number of hydrogen-bond acceptors (Lipinski definition) is 4. The number of nitrogens with one attached hydrogen (secondary N) is 1. The third-order valence-corrected chi connectivity index (χ3v) is 5.45. The van der Waals surface area contributed by atoms with Gasteiger partial charge in [-0.25, -0.2) is 0 Å². The van der Waals surface area contributed by atoms with Crippen molar-refractivity contribution in [3.05, 3.63) is 22.4 Å². The second kappa shape index (κ2) is 6.90. The average Bonchev–Trinajstić information content (AvgIpc) is 3.16. The van der Waals surface area contributed by atoms with E-state index in [1.165, 1.54) is 4.88 Å². The zero-order chi connectivity index (χ0) is 14.7. The molecule has 1 saturated carbocycles. The summed E-state index contributed by atoms with van der Waals surface area (Å²) in [7, 11) is 0. The van der Waals surface area contributed by atoms with Crippen molar-refractivity contribution in [2.75, 3.05) is 32.7 Å². The Kier molecular flexibility index (Phi) is 4.93. The smallest absolute Gasteiger partial charge is 0.237 e. The summed E-state index contributed by atoms with van der Waals surface area (Å²) >= 11 is 1.84. The number of nitrogens with zero attached hydrogens (tertiary/aromatic N) is 2. The number of hydrogen-bond donors (Lipinski definition) is 1. The van der Waals surface area contributed by atoms with Crippen LogP contribution in [0.4, 0.5) is 0 Å². The predicted octanol–water partition coefficient (Wildman–Crippen LogP) is 1.58. The lowest BCUT2D eigenvalue weighted by molar-refractivity contribution is -0.126. The molecule has 0 spiro atoms. The normalized spacial score (nSPS) is 22.1. The highest BCUT2D eigenvalue weighted by atomic mass is 32.1. The number of carbonyl (C=O) groups excluding carboxylic acids is 1. The standard InChI is InChI=1S/C16H25N3OS/c1-13(16(20)17-14-4-5-14)19-10-8-18(9-11-19)7-6-15-3-2-12-21-15/h2-3,12-14H,4-11H2,1H3,(H,17,20). The van der Waals surface area contributed by atoms with E-state index in [4.69, 9.17) is 0 Å². The molecule has 2 fully saturated rings. The summed E-state index contributed by atoms with van der Waals surface area (Å²) in [5, 5.41) is 5.26. The predicted molar refractivity (Wildman–Crippen MR) is 86.7 cm³/mol. The minimum Gasteiger partial charge on any atom is -0.352 e. The Labute approximate surface area is 131 Å². The average molecular weight is 307 g/mol. The van der Waals surface area contributed by atoms with Gasteiger partial charge in [0.1, 0.15) is 0 Å². The molecule has 1 saturated heterocycles. The van der Waals surface area contributed by atoms with Crippen LogP contribution in [0, 0.1) is 0 Å². The topological polar surface area (TPSA) is 35.6 Å². The second-order valence-corrected chi connectivity index (χ2v) is 7.20. The first-order chi connectivity index (χ1) is 10.2. The first-order valence-electron chi connectivity index (χ1n) is 8.01. The Morgan fingerprint density at radius 2 is 2.14 bits per heavy atom. The van der Waals surface area contributed by atoms with Crippen molar-refractivity contribution < 1.29 is 4.79 Å². The van der Waals surface area contributed by atoms with E-state index >= 15 is 0 Å². The Hall–Kier alpha value is -0.910. The molecule has 1 aliphatic heterocycles. The van der Waals surface area contributed by atoms with Crippen LogP contribution >= 0.6 is 11.3 Å². The van der Waals surface area contributed by atoms with Gasteiger partial charge in [0.15, 0.2) is 0 Å². The summed E-state index contributed by atoms with van der Waals surface area (Å²) in [6.45, 7) is 7.34. The largest absolute Gasteiger partial charge is 0.352 e. The van der Waals surface area contributed by atoms with Crippen LogP contribution in [0.1, 0.15) is 24.6 Å². The van der Waals surface area contributed by atoms with Crippen LogP contribution in [0.15, 0.2) is 17.5 Å². The van der Waals surface area contributed by atoms with Gasteiger partial charge in [-0.1, -0.05) is 6.07 Å². The van der Waals surface area contributed by atoms with Crippen molar-refractivity contribution in [2.24, 2.45) is 0 Å². The van der Waals surface area contributed by atoms with Gasteiger partial charge >= 0.3 is 0 Å². The molecule has 21 heavy (non-hydrogen) atoms.